The maximum atomic E-state index is 13.1. The second kappa shape index (κ2) is 6.86. The molecule has 0 aliphatic heterocycles. The predicted molar refractivity (Wildman–Crippen MR) is 71.1 cm³/mol. The molecule has 2 rings (SSSR count). The van der Waals surface area contributed by atoms with Gasteiger partial charge in [-0.25, -0.2) is 4.39 Å². The molecule has 1 N–H and O–H groups in total. The molecule has 1 fully saturated rings. The summed E-state index contributed by atoms with van der Waals surface area (Å²) in [5, 5.41) is 3.53. The lowest BCUT2D eigenvalue weighted by Crippen LogP contribution is -2.29. The summed E-state index contributed by atoms with van der Waals surface area (Å²) >= 11 is 0. The topological polar surface area (TPSA) is 21.3 Å². The van der Waals surface area contributed by atoms with Gasteiger partial charge >= 0.3 is 0 Å². The second-order valence-electron chi connectivity index (χ2n) is 5.04. The van der Waals surface area contributed by atoms with Crippen LogP contribution in [-0.4, -0.2) is 25.8 Å². The Balaban J connectivity index is 1.85. The number of hydrogen-bond acceptors (Lipinski definition) is 2. The summed E-state index contributed by atoms with van der Waals surface area (Å²) < 4.78 is 18.7. The molecule has 1 aliphatic rings. The van der Waals surface area contributed by atoms with E-state index in [1.165, 1.54) is 18.9 Å². The van der Waals surface area contributed by atoms with Crippen LogP contribution in [0.2, 0.25) is 0 Å². The number of rotatable bonds is 8. The van der Waals surface area contributed by atoms with E-state index < -0.39 is 0 Å². The van der Waals surface area contributed by atoms with Gasteiger partial charge in [-0.3, -0.25) is 0 Å². The van der Waals surface area contributed by atoms with Crippen molar-refractivity contribution in [2.24, 2.45) is 5.92 Å². The van der Waals surface area contributed by atoms with Crippen LogP contribution < -0.4 is 5.32 Å². The van der Waals surface area contributed by atoms with Crippen LogP contribution in [0.5, 0.6) is 0 Å². The molecule has 1 atom stereocenters. The molecule has 100 valence electrons. The fourth-order valence-electron chi connectivity index (χ4n) is 2.09. The highest BCUT2D eigenvalue weighted by Gasteiger charge is 2.22. The lowest BCUT2D eigenvalue weighted by atomic mass is 10.00. The molecule has 1 aliphatic carbocycles. The Bertz CT molecular complexity index is 365. The molecular formula is C15H22FNO. The summed E-state index contributed by atoms with van der Waals surface area (Å²) in [5.41, 5.74) is 1.05. The normalized spacial score (nSPS) is 16.8. The fourth-order valence-corrected chi connectivity index (χ4v) is 2.09. The Kier molecular flexibility index (Phi) is 5.14. The minimum absolute atomic E-state index is 0.155. The molecule has 0 saturated heterocycles. The number of hydrogen-bond donors (Lipinski definition) is 1. The maximum Gasteiger partial charge on any atom is 0.123 e. The Hall–Kier alpha value is -0.930. The van der Waals surface area contributed by atoms with E-state index in [-0.39, 0.29) is 5.82 Å². The van der Waals surface area contributed by atoms with Crippen LogP contribution in [0.3, 0.4) is 0 Å². The van der Waals surface area contributed by atoms with Crippen molar-refractivity contribution >= 4 is 0 Å². The summed E-state index contributed by atoms with van der Waals surface area (Å²) in [6.45, 7) is 4.45. The Morgan fingerprint density at radius 2 is 2.28 bits per heavy atom. The average molecular weight is 251 g/mol. The number of ether oxygens (including phenoxy) is 1. The van der Waals surface area contributed by atoms with Crippen molar-refractivity contribution < 1.29 is 9.13 Å². The van der Waals surface area contributed by atoms with E-state index in [9.17, 15) is 4.39 Å². The number of halogens is 1. The van der Waals surface area contributed by atoms with Crippen molar-refractivity contribution in [3.05, 3.63) is 35.6 Å². The largest absolute Gasteiger partial charge is 0.381 e. The third-order valence-electron chi connectivity index (χ3n) is 3.24. The smallest absolute Gasteiger partial charge is 0.123 e. The minimum Gasteiger partial charge on any atom is -0.381 e. The molecule has 0 heterocycles. The molecule has 1 saturated carbocycles. The molecule has 3 heteroatoms. The molecule has 0 spiro atoms. The molecule has 0 radical (unpaired) electrons. The zero-order valence-corrected chi connectivity index (χ0v) is 11.0. The predicted octanol–water partition coefficient (Wildman–Crippen LogP) is 2.77. The molecule has 2 nitrogen and oxygen atoms in total. The van der Waals surface area contributed by atoms with E-state index in [1.807, 2.05) is 13.0 Å². The van der Waals surface area contributed by atoms with E-state index >= 15 is 0 Å². The second-order valence-corrected chi connectivity index (χ2v) is 5.04. The van der Waals surface area contributed by atoms with Crippen LogP contribution in [0.15, 0.2) is 24.3 Å². The zero-order chi connectivity index (χ0) is 12.8. The van der Waals surface area contributed by atoms with Gasteiger partial charge in [-0.2, -0.15) is 0 Å². The van der Waals surface area contributed by atoms with Crippen molar-refractivity contribution in [2.45, 2.75) is 32.2 Å². The van der Waals surface area contributed by atoms with Gasteiger partial charge in [0.1, 0.15) is 5.82 Å². The van der Waals surface area contributed by atoms with E-state index in [0.29, 0.717) is 12.0 Å². The average Bonchev–Trinajstić information content (AvgIpc) is 3.17. The van der Waals surface area contributed by atoms with Crippen molar-refractivity contribution in [1.82, 2.24) is 5.32 Å². The lowest BCUT2D eigenvalue weighted by Gasteiger charge is -2.17. The molecular weight excluding hydrogens is 229 g/mol. The van der Waals surface area contributed by atoms with Crippen molar-refractivity contribution in [3.63, 3.8) is 0 Å². The molecule has 0 aromatic heterocycles. The first kappa shape index (κ1) is 13.5. The van der Waals surface area contributed by atoms with Gasteiger partial charge in [0.25, 0.3) is 0 Å². The Morgan fingerprint density at radius 1 is 1.44 bits per heavy atom. The van der Waals surface area contributed by atoms with Crippen molar-refractivity contribution in [3.8, 4) is 0 Å². The van der Waals surface area contributed by atoms with Gasteiger partial charge in [0.05, 0.1) is 6.61 Å². The van der Waals surface area contributed by atoms with Gasteiger partial charge in [-0.05, 0) is 49.8 Å². The third kappa shape index (κ3) is 4.75. The highest BCUT2D eigenvalue weighted by atomic mass is 19.1. The van der Waals surface area contributed by atoms with E-state index in [2.05, 4.69) is 5.32 Å². The molecule has 18 heavy (non-hydrogen) atoms. The first-order valence-electron chi connectivity index (χ1n) is 6.83. The van der Waals surface area contributed by atoms with Crippen LogP contribution in [0.1, 0.15) is 25.3 Å². The van der Waals surface area contributed by atoms with Crippen LogP contribution in [0, 0.1) is 11.7 Å². The van der Waals surface area contributed by atoms with Crippen molar-refractivity contribution in [2.75, 3.05) is 19.8 Å². The highest BCUT2D eigenvalue weighted by Crippen LogP contribution is 2.19. The van der Waals surface area contributed by atoms with Gasteiger partial charge in [0, 0.05) is 19.2 Å². The van der Waals surface area contributed by atoms with E-state index in [0.717, 1.165) is 31.7 Å². The Labute approximate surface area is 109 Å². The Morgan fingerprint density at radius 3 is 2.94 bits per heavy atom. The SMILES string of the molecule is CCOCC(CNC1CC1)Cc1cccc(F)c1. The molecule has 1 unspecified atom stereocenters. The molecule has 1 aromatic carbocycles. The summed E-state index contributed by atoms with van der Waals surface area (Å²) in [6.07, 6.45) is 3.46. The summed E-state index contributed by atoms with van der Waals surface area (Å²) in [5.74, 6) is 0.269. The summed E-state index contributed by atoms with van der Waals surface area (Å²) in [7, 11) is 0. The monoisotopic (exact) mass is 251 g/mol. The fraction of sp³-hybridized carbons (Fsp3) is 0.600. The number of benzene rings is 1. The third-order valence-corrected chi connectivity index (χ3v) is 3.24. The number of nitrogens with one attached hydrogen (secondary N) is 1. The quantitative estimate of drug-likeness (QED) is 0.767. The molecule has 0 bridgehead atoms. The van der Waals surface area contributed by atoms with Crippen LogP contribution in [-0.2, 0) is 11.2 Å². The first-order chi connectivity index (χ1) is 8.78. The van der Waals surface area contributed by atoms with E-state index in [4.69, 9.17) is 4.74 Å². The highest BCUT2D eigenvalue weighted by molar-refractivity contribution is 5.17. The minimum atomic E-state index is -0.155. The van der Waals surface area contributed by atoms with Crippen LogP contribution in [0.4, 0.5) is 4.39 Å². The summed E-state index contributed by atoms with van der Waals surface area (Å²) in [6, 6.07) is 7.58. The van der Waals surface area contributed by atoms with E-state index in [1.54, 1.807) is 12.1 Å². The zero-order valence-electron chi connectivity index (χ0n) is 11.0. The van der Waals surface area contributed by atoms with Gasteiger partial charge in [-0.15, -0.1) is 0 Å². The van der Waals surface area contributed by atoms with Crippen LogP contribution in [0.25, 0.3) is 0 Å². The van der Waals surface area contributed by atoms with Gasteiger partial charge in [0.2, 0.25) is 0 Å². The van der Waals surface area contributed by atoms with Gasteiger partial charge in [-0.1, -0.05) is 12.1 Å². The maximum absolute atomic E-state index is 13.1. The standard InChI is InChI=1S/C15H22FNO/c1-2-18-11-13(10-17-15-6-7-15)8-12-4-3-5-14(16)9-12/h3-5,9,13,15,17H,2,6-8,10-11H2,1H3. The summed E-state index contributed by atoms with van der Waals surface area (Å²) in [4.78, 5) is 0. The molecule has 0 amide bonds. The molecule has 1 aromatic rings. The van der Waals surface area contributed by atoms with Gasteiger partial charge < -0.3 is 10.1 Å². The van der Waals surface area contributed by atoms with Gasteiger partial charge in [0.15, 0.2) is 0 Å². The van der Waals surface area contributed by atoms with Crippen LogP contribution >= 0.6 is 0 Å². The first-order valence-corrected chi connectivity index (χ1v) is 6.83. The lowest BCUT2D eigenvalue weighted by molar-refractivity contribution is 0.109. The van der Waals surface area contributed by atoms with Crippen molar-refractivity contribution in [1.29, 1.82) is 0 Å².